The van der Waals surface area contributed by atoms with E-state index in [0.29, 0.717) is 4.91 Å². The van der Waals surface area contributed by atoms with Crippen LogP contribution in [0.5, 0.6) is 0 Å². The molecule has 3 rings (SSSR count). The third kappa shape index (κ3) is 3.04. The monoisotopic (exact) mass is 312 g/mol. The summed E-state index contributed by atoms with van der Waals surface area (Å²) in [5, 5.41) is 0.860. The van der Waals surface area contributed by atoms with Gasteiger partial charge in [-0.15, -0.1) is 11.3 Å². The fraction of sp³-hybridized carbons (Fsp3) is 0.385. The third-order valence-corrected chi connectivity index (χ3v) is 5.33. The normalized spacial score (nSPS) is 22.2. The van der Waals surface area contributed by atoms with E-state index in [1.54, 1.807) is 0 Å². The lowest BCUT2D eigenvalue weighted by atomic mass is 10.1. The molecule has 19 heavy (non-hydrogen) atoms. The molecule has 1 aromatic rings. The van der Waals surface area contributed by atoms with E-state index in [0.717, 1.165) is 27.5 Å². The largest absolute Gasteiger partial charge is 0.351 e. The lowest BCUT2D eigenvalue weighted by Gasteiger charge is -2.27. The number of halogens is 1. The number of amides is 1. The first-order valence-electron chi connectivity index (χ1n) is 6.25. The molecule has 3 nitrogen and oxygen atoms in total. The SMILES string of the molecule is O=C1N=C(N2CCCCC2)SC1=Cc1ccc(Cl)s1. The summed E-state index contributed by atoms with van der Waals surface area (Å²) in [4.78, 5) is 20.0. The first kappa shape index (κ1) is 13.2. The van der Waals surface area contributed by atoms with Gasteiger partial charge in [0, 0.05) is 18.0 Å². The molecule has 0 N–H and O–H groups in total. The van der Waals surface area contributed by atoms with Gasteiger partial charge in [0.2, 0.25) is 0 Å². The van der Waals surface area contributed by atoms with Gasteiger partial charge in [-0.3, -0.25) is 4.79 Å². The summed E-state index contributed by atoms with van der Waals surface area (Å²) in [6.07, 6.45) is 5.53. The molecule has 1 amide bonds. The Morgan fingerprint density at radius 3 is 2.74 bits per heavy atom. The minimum absolute atomic E-state index is 0.130. The summed E-state index contributed by atoms with van der Waals surface area (Å²) < 4.78 is 0.736. The molecule has 0 spiro atoms. The van der Waals surface area contributed by atoms with E-state index in [1.807, 2.05) is 18.2 Å². The van der Waals surface area contributed by atoms with Crippen molar-refractivity contribution in [2.24, 2.45) is 4.99 Å². The number of thiophene rings is 1. The zero-order valence-electron chi connectivity index (χ0n) is 10.3. The standard InChI is InChI=1S/C13H13ClN2OS2/c14-11-5-4-9(18-11)8-10-12(17)15-13(19-10)16-6-2-1-3-7-16/h4-5,8H,1-3,6-7H2. The lowest BCUT2D eigenvalue weighted by Crippen LogP contribution is -2.33. The van der Waals surface area contributed by atoms with E-state index in [9.17, 15) is 4.79 Å². The summed E-state index contributed by atoms with van der Waals surface area (Å²) in [6, 6.07) is 3.77. The molecular formula is C13H13ClN2OS2. The molecule has 3 heterocycles. The maximum Gasteiger partial charge on any atom is 0.286 e. The quantitative estimate of drug-likeness (QED) is 0.738. The van der Waals surface area contributed by atoms with Crippen molar-refractivity contribution in [3.8, 4) is 0 Å². The van der Waals surface area contributed by atoms with E-state index in [1.165, 1.54) is 42.4 Å². The van der Waals surface area contributed by atoms with Gasteiger partial charge in [-0.25, -0.2) is 0 Å². The second-order valence-electron chi connectivity index (χ2n) is 4.50. The fourth-order valence-electron chi connectivity index (χ4n) is 2.15. The molecule has 0 saturated carbocycles. The molecule has 0 radical (unpaired) electrons. The van der Waals surface area contributed by atoms with Crippen molar-refractivity contribution in [3.63, 3.8) is 0 Å². The van der Waals surface area contributed by atoms with Crippen molar-refractivity contribution < 1.29 is 4.79 Å². The number of thioether (sulfide) groups is 1. The van der Waals surface area contributed by atoms with Crippen LogP contribution >= 0.6 is 34.7 Å². The maximum atomic E-state index is 11.9. The first-order valence-corrected chi connectivity index (χ1v) is 8.26. The Kier molecular flexibility index (Phi) is 3.96. The van der Waals surface area contributed by atoms with Gasteiger partial charge in [-0.2, -0.15) is 4.99 Å². The summed E-state index contributed by atoms with van der Waals surface area (Å²) in [5.41, 5.74) is 0. The molecule has 0 bridgehead atoms. The zero-order chi connectivity index (χ0) is 13.2. The third-order valence-electron chi connectivity index (χ3n) is 3.10. The van der Waals surface area contributed by atoms with E-state index in [4.69, 9.17) is 11.6 Å². The highest BCUT2D eigenvalue weighted by Crippen LogP contribution is 2.33. The van der Waals surface area contributed by atoms with Crippen molar-refractivity contribution in [3.05, 3.63) is 26.3 Å². The van der Waals surface area contributed by atoms with E-state index < -0.39 is 0 Å². The Morgan fingerprint density at radius 1 is 1.26 bits per heavy atom. The van der Waals surface area contributed by atoms with E-state index in [2.05, 4.69) is 9.89 Å². The zero-order valence-corrected chi connectivity index (χ0v) is 12.7. The molecule has 1 aromatic heterocycles. The number of nitrogens with zero attached hydrogens (tertiary/aromatic N) is 2. The summed E-state index contributed by atoms with van der Waals surface area (Å²) >= 11 is 8.85. The van der Waals surface area contributed by atoms with Gasteiger partial charge in [0.15, 0.2) is 5.17 Å². The molecule has 1 saturated heterocycles. The fourth-order valence-corrected chi connectivity index (χ4v) is 4.19. The van der Waals surface area contributed by atoms with Crippen LogP contribution in [-0.2, 0) is 4.79 Å². The predicted octanol–water partition coefficient (Wildman–Crippen LogP) is 3.86. The van der Waals surface area contributed by atoms with Gasteiger partial charge >= 0.3 is 0 Å². The predicted molar refractivity (Wildman–Crippen MR) is 82.8 cm³/mol. The average Bonchev–Trinajstić information content (AvgIpc) is 2.98. The van der Waals surface area contributed by atoms with Crippen LogP contribution in [-0.4, -0.2) is 29.1 Å². The van der Waals surface area contributed by atoms with Gasteiger partial charge in [-0.1, -0.05) is 11.6 Å². The van der Waals surface area contributed by atoms with Crippen LogP contribution < -0.4 is 0 Å². The van der Waals surface area contributed by atoms with Crippen molar-refractivity contribution in [2.75, 3.05) is 13.1 Å². The smallest absolute Gasteiger partial charge is 0.286 e. The molecule has 6 heteroatoms. The summed E-state index contributed by atoms with van der Waals surface area (Å²) in [6.45, 7) is 2.02. The van der Waals surface area contributed by atoms with Crippen LogP contribution in [0.15, 0.2) is 22.0 Å². The molecule has 1 fully saturated rings. The van der Waals surface area contributed by atoms with Crippen molar-refractivity contribution in [2.45, 2.75) is 19.3 Å². The van der Waals surface area contributed by atoms with Crippen LogP contribution in [0, 0.1) is 0 Å². The summed E-state index contributed by atoms with van der Waals surface area (Å²) in [5.74, 6) is -0.130. The number of hydrogen-bond donors (Lipinski definition) is 0. The number of piperidine rings is 1. The van der Waals surface area contributed by atoms with Crippen molar-refractivity contribution in [1.82, 2.24) is 4.90 Å². The second kappa shape index (κ2) is 5.69. The summed E-state index contributed by atoms with van der Waals surface area (Å²) in [7, 11) is 0. The highest BCUT2D eigenvalue weighted by Gasteiger charge is 2.26. The Morgan fingerprint density at radius 2 is 2.05 bits per heavy atom. The topological polar surface area (TPSA) is 32.7 Å². The van der Waals surface area contributed by atoms with Crippen LogP contribution in [0.1, 0.15) is 24.1 Å². The Balaban J connectivity index is 1.74. The highest BCUT2D eigenvalue weighted by molar-refractivity contribution is 8.18. The minimum Gasteiger partial charge on any atom is -0.351 e. The molecule has 100 valence electrons. The number of aliphatic imine (C=N–C) groups is 1. The Labute approximate surface area is 125 Å². The molecule has 0 atom stereocenters. The molecular weight excluding hydrogens is 300 g/mol. The lowest BCUT2D eigenvalue weighted by molar-refractivity contribution is -0.113. The number of likely N-dealkylation sites (tertiary alicyclic amines) is 1. The number of carbonyl (C=O) groups excluding carboxylic acids is 1. The number of amidine groups is 1. The maximum absolute atomic E-state index is 11.9. The van der Waals surface area contributed by atoms with Gasteiger partial charge in [0.05, 0.1) is 9.24 Å². The van der Waals surface area contributed by atoms with Crippen molar-refractivity contribution in [1.29, 1.82) is 0 Å². The number of carbonyl (C=O) groups is 1. The molecule has 0 aromatic carbocycles. The van der Waals surface area contributed by atoms with Crippen LogP contribution in [0.3, 0.4) is 0 Å². The highest BCUT2D eigenvalue weighted by atomic mass is 35.5. The van der Waals surface area contributed by atoms with Gasteiger partial charge in [0.25, 0.3) is 5.91 Å². The Bertz CT molecular complexity index is 559. The average molecular weight is 313 g/mol. The second-order valence-corrected chi connectivity index (χ2v) is 7.26. The van der Waals surface area contributed by atoms with E-state index in [-0.39, 0.29) is 5.91 Å². The number of hydrogen-bond acceptors (Lipinski definition) is 4. The minimum atomic E-state index is -0.130. The van der Waals surface area contributed by atoms with Gasteiger partial charge in [0.1, 0.15) is 0 Å². The number of rotatable bonds is 1. The van der Waals surface area contributed by atoms with Crippen LogP contribution in [0.4, 0.5) is 0 Å². The molecule has 2 aliphatic rings. The van der Waals surface area contributed by atoms with Gasteiger partial charge < -0.3 is 4.90 Å². The first-order chi connectivity index (χ1) is 9.22. The van der Waals surface area contributed by atoms with Crippen LogP contribution in [0.25, 0.3) is 6.08 Å². The van der Waals surface area contributed by atoms with Crippen LogP contribution in [0.2, 0.25) is 4.34 Å². The molecule has 0 unspecified atom stereocenters. The van der Waals surface area contributed by atoms with Gasteiger partial charge in [-0.05, 0) is 49.2 Å². The Hall–Kier alpha value is -0.780. The molecule has 2 aliphatic heterocycles. The van der Waals surface area contributed by atoms with Crippen molar-refractivity contribution >= 4 is 51.9 Å². The van der Waals surface area contributed by atoms with E-state index >= 15 is 0 Å². The molecule has 0 aliphatic carbocycles.